The van der Waals surface area contributed by atoms with Gasteiger partial charge in [0.1, 0.15) is 5.54 Å². The summed E-state index contributed by atoms with van der Waals surface area (Å²) >= 11 is 0. The minimum absolute atomic E-state index is 0.0419. The van der Waals surface area contributed by atoms with E-state index in [0.29, 0.717) is 12.5 Å². The van der Waals surface area contributed by atoms with E-state index in [0.717, 1.165) is 38.1 Å². The molecule has 3 heteroatoms. The van der Waals surface area contributed by atoms with Crippen LogP contribution in [-0.2, 0) is 9.53 Å². The SMILES string of the molecule is CCOC(=O)C1(NCC(C)C)CCCC(C)CC1. The summed E-state index contributed by atoms with van der Waals surface area (Å²) in [4.78, 5) is 12.3. The van der Waals surface area contributed by atoms with Crippen molar-refractivity contribution in [1.82, 2.24) is 5.32 Å². The molecule has 0 amide bonds. The Bertz CT molecular complexity index is 265. The second kappa shape index (κ2) is 7.13. The number of hydrogen-bond acceptors (Lipinski definition) is 3. The summed E-state index contributed by atoms with van der Waals surface area (Å²) in [5, 5.41) is 3.51. The molecule has 2 unspecified atom stereocenters. The number of hydrogen-bond donors (Lipinski definition) is 1. The number of esters is 1. The van der Waals surface area contributed by atoms with Crippen LogP contribution in [0.2, 0.25) is 0 Å². The second-order valence-electron chi connectivity index (χ2n) is 6.11. The number of carbonyl (C=O) groups excluding carboxylic acids is 1. The molecule has 0 aliphatic heterocycles. The molecule has 3 nitrogen and oxygen atoms in total. The Balaban J connectivity index is 2.75. The lowest BCUT2D eigenvalue weighted by Gasteiger charge is -2.32. The van der Waals surface area contributed by atoms with Gasteiger partial charge >= 0.3 is 5.97 Å². The van der Waals surface area contributed by atoms with Gasteiger partial charge in [-0.15, -0.1) is 0 Å². The van der Waals surface area contributed by atoms with Crippen LogP contribution in [0, 0.1) is 11.8 Å². The zero-order chi connectivity index (χ0) is 13.6. The third-order valence-corrected chi connectivity index (χ3v) is 3.88. The quantitative estimate of drug-likeness (QED) is 0.606. The molecule has 106 valence electrons. The summed E-state index contributed by atoms with van der Waals surface area (Å²) in [6.45, 7) is 9.86. The van der Waals surface area contributed by atoms with Gasteiger partial charge in [-0.1, -0.05) is 33.6 Å². The van der Waals surface area contributed by atoms with Crippen molar-refractivity contribution in [2.75, 3.05) is 13.2 Å². The summed E-state index contributed by atoms with van der Waals surface area (Å²) in [7, 11) is 0. The molecule has 0 bridgehead atoms. The second-order valence-corrected chi connectivity index (χ2v) is 6.11. The highest BCUT2D eigenvalue weighted by Gasteiger charge is 2.40. The topological polar surface area (TPSA) is 38.3 Å². The molecule has 1 fully saturated rings. The molecule has 0 aromatic carbocycles. The van der Waals surface area contributed by atoms with E-state index in [1.165, 1.54) is 6.42 Å². The molecule has 0 aromatic rings. The van der Waals surface area contributed by atoms with E-state index in [4.69, 9.17) is 4.74 Å². The molecule has 1 saturated carbocycles. The summed E-state index contributed by atoms with van der Waals surface area (Å²) in [5.41, 5.74) is -0.426. The average molecular weight is 255 g/mol. The highest BCUT2D eigenvalue weighted by atomic mass is 16.5. The van der Waals surface area contributed by atoms with Crippen LogP contribution in [0.25, 0.3) is 0 Å². The van der Waals surface area contributed by atoms with Crippen molar-refractivity contribution in [3.63, 3.8) is 0 Å². The monoisotopic (exact) mass is 255 g/mol. The van der Waals surface area contributed by atoms with Gasteiger partial charge in [-0.2, -0.15) is 0 Å². The zero-order valence-corrected chi connectivity index (χ0v) is 12.4. The molecule has 0 radical (unpaired) electrons. The van der Waals surface area contributed by atoms with Crippen LogP contribution in [0.1, 0.15) is 59.8 Å². The third kappa shape index (κ3) is 4.27. The molecule has 18 heavy (non-hydrogen) atoms. The molecular weight excluding hydrogens is 226 g/mol. The van der Waals surface area contributed by atoms with E-state index < -0.39 is 5.54 Å². The lowest BCUT2D eigenvalue weighted by atomic mass is 9.89. The molecule has 1 aliphatic rings. The Kier molecular flexibility index (Phi) is 6.13. The van der Waals surface area contributed by atoms with E-state index >= 15 is 0 Å². The van der Waals surface area contributed by atoms with Crippen LogP contribution >= 0.6 is 0 Å². The van der Waals surface area contributed by atoms with Crippen LogP contribution < -0.4 is 5.32 Å². The lowest BCUT2D eigenvalue weighted by molar-refractivity contribution is -0.152. The Morgan fingerprint density at radius 2 is 2.11 bits per heavy atom. The largest absolute Gasteiger partial charge is 0.465 e. The number of rotatable bonds is 5. The fourth-order valence-electron chi connectivity index (χ4n) is 2.64. The Hall–Kier alpha value is -0.570. The van der Waals surface area contributed by atoms with Crippen LogP contribution in [0.4, 0.5) is 0 Å². The van der Waals surface area contributed by atoms with Crippen LogP contribution in [0.3, 0.4) is 0 Å². The van der Waals surface area contributed by atoms with Gasteiger partial charge in [-0.05, 0) is 44.6 Å². The van der Waals surface area contributed by atoms with Gasteiger partial charge in [0, 0.05) is 0 Å². The Labute approximate surface area is 112 Å². The van der Waals surface area contributed by atoms with Gasteiger partial charge in [-0.25, -0.2) is 0 Å². The van der Waals surface area contributed by atoms with Gasteiger partial charge in [-0.3, -0.25) is 4.79 Å². The van der Waals surface area contributed by atoms with E-state index in [1.807, 2.05) is 6.92 Å². The van der Waals surface area contributed by atoms with Gasteiger partial charge < -0.3 is 10.1 Å². The molecule has 0 aromatic heterocycles. The number of nitrogens with one attached hydrogen (secondary N) is 1. The standard InChI is InChI=1S/C15H29NO2/c1-5-18-14(17)15(16-11-12(2)3)9-6-7-13(4)8-10-15/h12-13,16H,5-11H2,1-4H3. The average Bonchev–Trinajstić information content (AvgIpc) is 2.50. The number of ether oxygens (including phenoxy) is 1. The minimum Gasteiger partial charge on any atom is -0.465 e. The summed E-state index contributed by atoms with van der Waals surface area (Å²) in [6.07, 6.45) is 5.29. The van der Waals surface area contributed by atoms with Gasteiger partial charge in [0.25, 0.3) is 0 Å². The summed E-state index contributed by atoms with van der Waals surface area (Å²) in [6, 6.07) is 0. The maximum atomic E-state index is 12.3. The predicted molar refractivity (Wildman–Crippen MR) is 74.5 cm³/mol. The molecule has 0 spiro atoms. The van der Waals surface area contributed by atoms with Gasteiger partial charge in [0.15, 0.2) is 0 Å². The van der Waals surface area contributed by atoms with Crippen molar-refractivity contribution in [3.05, 3.63) is 0 Å². The van der Waals surface area contributed by atoms with E-state index in [1.54, 1.807) is 0 Å². The molecule has 1 aliphatic carbocycles. The third-order valence-electron chi connectivity index (χ3n) is 3.88. The highest BCUT2D eigenvalue weighted by Crippen LogP contribution is 2.31. The first-order valence-corrected chi connectivity index (χ1v) is 7.42. The van der Waals surface area contributed by atoms with Crippen LogP contribution in [-0.4, -0.2) is 24.7 Å². The Morgan fingerprint density at radius 3 is 2.72 bits per heavy atom. The van der Waals surface area contributed by atoms with Crippen LogP contribution in [0.5, 0.6) is 0 Å². The predicted octanol–water partition coefficient (Wildman–Crippen LogP) is 3.13. The Morgan fingerprint density at radius 1 is 1.39 bits per heavy atom. The maximum absolute atomic E-state index is 12.3. The highest BCUT2D eigenvalue weighted by molar-refractivity contribution is 5.80. The van der Waals surface area contributed by atoms with Crippen molar-refractivity contribution in [2.45, 2.75) is 65.3 Å². The molecule has 1 rings (SSSR count). The van der Waals surface area contributed by atoms with Gasteiger partial charge in [0.05, 0.1) is 6.61 Å². The summed E-state index contributed by atoms with van der Waals surface area (Å²) < 4.78 is 5.31. The first-order chi connectivity index (χ1) is 8.50. The van der Waals surface area contributed by atoms with E-state index in [2.05, 4.69) is 26.1 Å². The van der Waals surface area contributed by atoms with E-state index in [9.17, 15) is 4.79 Å². The minimum atomic E-state index is -0.426. The fourth-order valence-corrected chi connectivity index (χ4v) is 2.64. The van der Waals surface area contributed by atoms with Crippen molar-refractivity contribution in [1.29, 1.82) is 0 Å². The molecule has 2 atom stereocenters. The lowest BCUT2D eigenvalue weighted by Crippen LogP contribution is -2.53. The van der Waals surface area contributed by atoms with E-state index in [-0.39, 0.29) is 5.97 Å². The molecule has 0 saturated heterocycles. The summed E-state index contributed by atoms with van der Waals surface area (Å²) in [5.74, 6) is 1.24. The number of carbonyl (C=O) groups is 1. The first kappa shape index (κ1) is 15.5. The smallest absolute Gasteiger partial charge is 0.326 e. The molecular formula is C15H29NO2. The van der Waals surface area contributed by atoms with Crippen LogP contribution in [0.15, 0.2) is 0 Å². The van der Waals surface area contributed by atoms with Crippen molar-refractivity contribution >= 4 is 5.97 Å². The van der Waals surface area contributed by atoms with Gasteiger partial charge in [0.2, 0.25) is 0 Å². The molecule has 1 N–H and O–H groups in total. The zero-order valence-electron chi connectivity index (χ0n) is 12.4. The molecule has 0 heterocycles. The maximum Gasteiger partial charge on any atom is 0.326 e. The first-order valence-electron chi connectivity index (χ1n) is 7.42. The van der Waals surface area contributed by atoms with Crippen molar-refractivity contribution in [3.8, 4) is 0 Å². The van der Waals surface area contributed by atoms with Crippen molar-refractivity contribution in [2.24, 2.45) is 11.8 Å². The normalized spacial score (nSPS) is 29.1. The van der Waals surface area contributed by atoms with Crippen molar-refractivity contribution < 1.29 is 9.53 Å². The fraction of sp³-hybridized carbons (Fsp3) is 0.933.